The van der Waals surface area contributed by atoms with Gasteiger partial charge >= 0.3 is 0 Å². The molecule has 1 N–H and O–H groups in total. The van der Waals surface area contributed by atoms with E-state index in [0.717, 1.165) is 26.2 Å². The van der Waals surface area contributed by atoms with Gasteiger partial charge in [-0.25, -0.2) is 0 Å². The number of likely N-dealkylation sites (N-methyl/N-ethyl adjacent to an activating group) is 1. The highest BCUT2D eigenvalue weighted by molar-refractivity contribution is 5.32. The second-order valence-corrected chi connectivity index (χ2v) is 5.35. The van der Waals surface area contributed by atoms with Crippen molar-refractivity contribution >= 4 is 0 Å². The standard InChI is InChI=1S/C16H20N2O/c1-18(10-13-6-7-19-12-13)11-15-9-17-8-14-4-2-3-5-16(14)15/h2-7,12,15,17H,8-11H2,1H3. The van der Waals surface area contributed by atoms with Gasteiger partial charge < -0.3 is 14.6 Å². The van der Waals surface area contributed by atoms with E-state index >= 15 is 0 Å². The highest BCUT2D eigenvalue weighted by atomic mass is 16.3. The highest BCUT2D eigenvalue weighted by Gasteiger charge is 2.20. The molecule has 0 bridgehead atoms. The van der Waals surface area contributed by atoms with Crippen molar-refractivity contribution in [3.05, 3.63) is 59.5 Å². The van der Waals surface area contributed by atoms with Crippen LogP contribution in [0.1, 0.15) is 22.6 Å². The third-order valence-corrected chi connectivity index (χ3v) is 3.77. The molecule has 1 aliphatic rings. The van der Waals surface area contributed by atoms with E-state index in [2.05, 4.69) is 41.5 Å². The summed E-state index contributed by atoms with van der Waals surface area (Å²) < 4.78 is 5.12. The SMILES string of the molecule is CN(Cc1ccoc1)CC1CNCc2ccccc21. The van der Waals surface area contributed by atoms with Crippen LogP contribution in [0.3, 0.4) is 0 Å². The van der Waals surface area contributed by atoms with Crippen molar-refractivity contribution in [2.45, 2.75) is 19.0 Å². The molecule has 0 spiro atoms. The minimum atomic E-state index is 0.571. The molecule has 3 heteroatoms. The van der Waals surface area contributed by atoms with Crippen LogP contribution >= 0.6 is 0 Å². The van der Waals surface area contributed by atoms with E-state index in [9.17, 15) is 0 Å². The molecule has 0 saturated carbocycles. The first-order valence-electron chi connectivity index (χ1n) is 6.81. The molecular formula is C16H20N2O. The van der Waals surface area contributed by atoms with Crippen LogP contribution in [0.15, 0.2) is 47.3 Å². The lowest BCUT2D eigenvalue weighted by molar-refractivity contribution is 0.292. The van der Waals surface area contributed by atoms with Crippen molar-refractivity contribution in [3.8, 4) is 0 Å². The second-order valence-electron chi connectivity index (χ2n) is 5.35. The van der Waals surface area contributed by atoms with Gasteiger partial charge in [-0.2, -0.15) is 0 Å². The van der Waals surface area contributed by atoms with Gasteiger partial charge in [0.1, 0.15) is 0 Å². The maximum absolute atomic E-state index is 5.12. The average molecular weight is 256 g/mol. The molecule has 19 heavy (non-hydrogen) atoms. The summed E-state index contributed by atoms with van der Waals surface area (Å²) in [6.45, 7) is 4.06. The highest BCUT2D eigenvalue weighted by Crippen LogP contribution is 2.24. The number of benzene rings is 1. The topological polar surface area (TPSA) is 28.4 Å². The molecule has 1 aromatic heterocycles. The quantitative estimate of drug-likeness (QED) is 0.911. The van der Waals surface area contributed by atoms with Crippen molar-refractivity contribution in [2.24, 2.45) is 0 Å². The Morgan fingerprint density at radius 1 is 1.32 bits per heavy atom. The van der Waals surface area contributed by atoms with Crippen molar-refractivity contribution in [3.63, 3.8) is 0 Å². The van der Waals surface area contributed by atoms with Crippen molar-refractivity contribution < 1.29 is 4.42 Å². The van der Waals surface area contributed by atoms with Gasteiger partial charge in [0.05, 0.1) is 12.5 Å². The van der Waals surface area contributed by atoms with Gasteiger partial charge in [-0.15, -0.1) is 0 Å². The van der Waals surface area contributed by atoms with Crippen LogP contribution in [-0.2, 0) is 13.1 Å². The number of furan rings is 1. The smallest absolute Gasteiger partial charge is 0.0947 e. The zero-order valence-electron chi connectivity index (χ0n) is 11.3. The Kier molecular flexibility index (Phi) is 3.67. The number of hydrogen-bond acceptors (Lipinski definition) is 3. The minimum Gasteiger partial charge on any atom is -0.472 e. The monoisotopic (exact) mass is 256 g/mol. The van der Waals surface area contributed by atoms with Gasteiger partial charge in [0.2, 0.25) is 0 Å². The molecule has 2 heterocycles. The molecule has 1 unspecified atom stereocenters. The summed E-state index contributed by atoms with van der Waals surface area (Å²) in [5.74, 6) is 0.571. The molecule has 1 aliphatic heterocycles. The Balaban J connectivity index is 1.67. The van der Waals surface area contributed by atoms with Crippen LogP contribution in [0.2, 0.25) is 0 Å². The van der Waals surface area contributed by atoms with E-state index < -0.39 is 0 Å². The minimum absolute atomic E-state index is 0.571. The fraction of sp³-hybridized carbons (Fsp3) is 0.375. The van der Waals surface area contributed by atoms with Crippen LogP contribution in [0.5, 0.6) is 0 Å². The largest absolute Gasteiger partial charge is 0.472 e. The molecule has 1 atom stereocenters. The number of rotatable bonds is 4. The summed E-state index contributed by atoms with van der Waals surface area (Å²) >= 11 is 0. The fourth-order valence-corrected chi connectivity index (χ4v) is 2.88. The Hall–Kier alpha value is -1.58. The Morgan fingerprint density at radius 3 is 3.05 bits per heavy atom. The molecule has 0 fully saturated rings. The van der Waals surface area contributed by atoms with Crippen LogP contribution in [-0.4, -0.2) is 25.0 Å². The van der Waals surface area contributed by atoms with E-state index in [1.54, 1.807) is 6.26 Å². The van der Waals surface area contributed by atoms with Crippen molar-refractivity contribution in [1.29, 1.82) is 0 Å². The number of nitrogens with zero attached hydrogens (tertiary/aromatic N) is 1. The van der Waals surface area contributed by atoms with E-state index in [-0.39, 0.29) is 0 Å². The van der Waals surface area contributed by atoms with E-state index in [1.807, 2.05) is 12.3 Å². The molecule has 1 aromatic carbocycles. The first-order valence-corrected chi connectivity index (χ1v) is 6.81. The summed E-state index contributed by atoms with van der Waals surface area (Å²) in [5, 5.41) is 3.51. The Bertz CT molecular complexity index is 521. The van der Waals surface area contributed by atoms with E-state index in [1.165, 1.54) is 16.7 Å². The maximum atomic E-state index is 5.12. The first-order chi connectivity index (χ1) is 9.33. The van der Waals surface area contributed by atoms with Crippen LogP contribution in [0, 0.1) is 0 Å². The van der Waals surface area contributed by atoms with Gasteiger partial charge in [0, 0.05) is 37.7 Å². The van der Waals surface area contributed by atoms with Crippen LogP contribution in [0.4, 0.5) is 0 Å². The Labute approximate surface area is 114 Å². The average Bonchev–Trinajstić information content (AvgIpc) is 2.92. The lowest BCUT2D eigenvalue weighted by Crippen LogP contribution is -2.35. The normalized spacial score (nSPS) is 18.5. The molecule has 3 nitrogen and oxygen atoms in total. The third-order valence-electron chi connectivity index (χ3n) is 3.77. The molecule has 0 saturated heterocycles. The molecule has 100 valence electrons. The van der Waals surface area contributed by atoms with E-state index in [4.69, 9.17) is 4.42 Å². The van der Waals surface area contributed by atoms with Gasteiger partial charge in [0.15, 0.2) is 0 Å². The molecular weight excluding hydrogens is 236 g/mol. The Morgan fingerprint density at radius 2 is 2.21 bits per heavy atom. The lowest BCUT2D eigenvalue weighted by atomic mass is 9.90. The summed E-state index contributed by atoms with van der Waals surface area (Å²) in [4.78, 5) is 2.36. The summed E-state index contributed by atoms with van der Waals surface area (Å²) in [5.41, 5.74) is 4.18. The van der Waals surface area contributed by atoms with Gasteiger partial charge in [-0.05, 0) is 24.2 Å². The van der Waals surface area contributed by atoms with E-state index in [0.29, 0.717) is 5.92 Å². The molecule has 2 aromatic rings. The molecule has 3 rings (SSSR count). The first kappa shape index (κ1) is 12.5. The predicted molar refractivity (Wildman–Crippen MR) is 75.9 cm³/mol. The lowest BCUT2D eigenvalue weighted by Gasteiger charge is -2.29. The van der Waals surface area contributed by atoms with Crippen molar-refractivity contribution in [1.82, 2.24) is 10.2 Å². The van der Waals surface area contributed by atoms with Crippen molar-refractivity contribution in [2.75, 3.05) is 20.1 Å². The van der Waals surface area contributed by atoms with Crippen LogP contribution < -0.4 is 5.32 Å². The summed E-state index contributed by atoms with van der Waals surface area (Å²) in [7, 11) is 2.17. The zero-order chi connectivity index (χ0) is 13.1. The van der Waals surface area contributed by atoms with Gasteiger partial charge in [0.25, 0.3) is 0 Å². The van der Waals surface area contributed by atoms with Gasteiger partial charge in [-0.3, -0.25) is 0 Å². The predicted octanol–water partition coefficient (Wildman–Crippen LogP) is 2.60. The fourth-order valence-electron chi connectivity index (χ4n) is 2.88. The molecule has 0 amide bonds. The number of nitrogens with one attached hydrogen (secondary N) is 1. The zero-order valence-corrected chi connectivity index (χ0v) is 11.3. The maximum Gasteiger partial charge on any atom is 0.0947 e. The number of hydrogen-bond donors (Lipinski definition) is 1. The number of fused-ring (bicyclic) bond motifs is 1. The van der Waals surface area contributed by atoms with Crippen LogP contribution in [0.25, 0.3) is 0 Å². The second kappa shape index (κ2) is 5.59. The third kappa shape index (κ3) is 2.88. The molecule has 0 radical (unpaired) electrons. The summed E-state index contributed by atoms with van der Waals surface area (Å²) in [6, 6.07) is 10.8. The summed E-state index contributed by atoms with van der Waals surface area (Å²) in [6.07, 6.45) is 3.56. The van der Waals surface area contributed by atoms with Gasteiger partial charge in [-0.1, -0.05) is 24.3 Å². The molecule has 0 aliphatic carbocycles.